The third-order valence-electron chi connectivity index (χ3n) is 3.94. The van der Waals surface area contributed by atoms with Gasteiger partial charge in [0.2, 0.25) is 10.0 Å². The van der Waals surface area contributed by atoms with Crippen molar-refractivity contribution < 1.29 is 13.2 Å². The van der Waals surface area contributed by atoms with E-state index >= 15 is 0 Å². The fourth-order valence-electron chi connectivity index (χ4n) is 2.64. The summed E-state index contributed by atoms with van der Waals surface area (Å²) in [6, 6.07) is 11.7. The van der Waals surface area contributed by atoms with E-state index in [0.717, 1.165) is 10.9 Å². The van der Waals surface area contributed by atoms with Gasteiger partial charge >= 0.3 is 0 Å². The van der Waals surface area contributed by atoms with Crippen molar-refractivity contribution in [3.8, 4) is 0 Å². The minimum absolute atomic E-state index is 0.166. The van der Waals surface area contributed by atoms with Gasteiger partial charge in [-0.3, -0.25) is 9.10 Å². The molecule has 1 amide bonds. The molecule has 1 aliphatic rings. The fourth-order valence-corrected chi connectivity index (χ4v) is 4.70. The highest BCUT2D eigenvalue weighted by atomic mass is 79.9. The van der Waals surface area contributed by atoms with Gasteiger partial charge in [0.1, 0.15) is 0 Å². The number of nitrogens with one attached hydrogen (secondary N) is 1. The normalized spacial score (nSPS) is 16.5. The number of anilines is 2. The van der Waals surface area contributed by atoms with E-state index in [2.05, 4.69) is 21.2 Å². The summed E-state index contributed by atoms with van der Waals surface area (Å²) in [6.07, 6.45) is 1.53. The number of carbonyl (C=O) groups is 1. The lowest BCUT2D eigenvalue weighted by atomic mass is 10.2. The Hall–Kier alpha value is -1.57. The Bertz CT molecular complexity index is 901. The minimum atomic E-state index is -3.25. The summed E-state index contributed by atoms with van der Waals surface area (Å²) in [6.45, 7) is 0.477. The zero-order valence-electron chi connectivity index (χ0n) is 13.2. The van der Waals surface area contributed by atoms with Crippen LogP contribution in [0.1, 0.15) is 23.2 Å². The number of hydrogen-bond donors (Lipinski definition) is 1. The molecule has 0 spiro atoms. The van der Waals surface area contributed by atoms with Crippen LogP contribution in [0, 0.1) is 0 Å². The Morgan fingerprint density at radius 2 is 1.84 bits per heavy atom. The highest BCUT2D eigenvalue weighted by Crippen LogP contribution is 2.26. The Balaban J connectivity index is 1.75. The van der Waals surface area contributed by atoms with Crippen molar-refractivity contribution in [3.05, 3.63) is 57.5 Å². The van der Waals surface area contributed by atoms with E-state index in [0.29, 0.717) is 34.9 Å². The van der Waals surface area contributed by atoms with Crippen molar-refractivity contribution in [2.75, 3.05) is 21.9 Å². The molecule has 2 aromatic rings. The molecule has 5 nitrogen and oxygen atoms in total. The van der Waals surface area contributed by atoms with Gasteiger partial charge in [0.15, 0.2) is 0 Å². The number of hydrogen-bond acceptors (Lipinski definition) is 3. The minimum Gasteiger partial charge on any atom is -0.322 e. The maximum atomic E-state index is 12.3. The second-order valence-electron chi connectivity index (χ2n) is 5.73. The van der Waals surface area contributed by atoms with Gasteiger partial charge in [-0.1, -0.05) is 11.6 Å². The first-order chi connectivity index (χ1) is 11.9. The number of nitrogens with zero attached hydrogens (tertiary/aromatic N) is 1. The summed E-state index contributed by atoms with van der Waals surface area (Å²) in [5.74, 6) is -0.119. The van der Waals surface area contributed by atoms with Crippen LogP contribution in [0.25, 0.3) is 0 Å². The van der Waals surface area contributed by atoms with Gasteiger partial charge in [0.05, 0.1) is 16.5 Å². The molecule has 1 saturated heterocycles. The molecule has 2 aromatic carbocycles. The molecule has 0 atom stereocenters. The van der Waals surface area contributed by atoms with E-state index in [-0.39, 0.29) is 11.7 Å². The van der Waals surface area contributed by atoms with Crippen LogP contribution in [0.3, 0.4) is 0 Å². The third kappa shape index (κ3) is 4.16. The number of carbonyl (C=O) groups excluding carboxylic acids is 1. The molecule has 132 valence electrons. The average Bonchev–Trinajstić information content (AvgIpc) is 2.58. The molecule has 1 fully saturated rings. The predicted octanol–water partition coefficient (Wildman–Crippen LogP) is 4.28. The van der Waals surface area contributed by atoms with Gasteiger partial charge in [0.25, 0.3) is 5.91 Å². The zero-order valence-corrected chi connectivity index (χ0v) is 16.4. The molecule has 0 bridgehead atoms. The number of rotatable bonds is 3. The van der Waals surface area contributed by atoms with Crippen molar-refractivity contribution in [2.45, 2.75) is 12.8 Å². The third-order valence-corrected chi connectivity index (χ3v) is 7.05. The molecule has 1 heterocycles. The number of sulfonamides is 1. The Kier molecular flexibility index (Phi) is 5.36. The highest BCUT2D eigenvalue weighted by Gasteiger charge is 2.25. The second kappa shape index (κ2) is 7.35. The van der Waals surface area contributed by atoms with Crippen LogP contribution >= 0.6 is 27.5 Å². The summed E-state index contributed by atoms with van der Waals surface area (Å²) in [5.41, 5.74) is 1.61. The van der Waals surface area contributed by atoms with Gasteiger partial charge in [-0.25, -0.2) is 8.42 Å². The molecule has 0 unspecified atom stereocenters. The van der Waals surface area contributed by atoms with Crippen molar-refractivity contribution in [1.82, 2.24) is 0 Å². The molecule has 1 N–H and O–H groups in total. The summed E-state index contributed by atoms with van der Waals surface area (Å²) in [7, 11) is -3.25. The van der Waals surface area contributed by atoms with Crippen molar-refractivity contribution >= 4 is 54.8 Å². The maximum Gasteiger partial charge on any atom is 0.255 e. The largest absolute Gasteiger partial charge is 0.322 e. The molecule has 0 saturated carbocycles. The summed E-state index contributed by atoms with van der Waals surface area (Å²) in [5, 5.41) is 3.27. The Morgan fingerprint density at radius 1 is 1.12 bits per heavy atom. The Morgan fingerprint density at radius 3 is 2.48 bits per heavy atom. The topological polar surface area (TPSA) is 66.5 Å². The molecule has 0 aromatic heterocycles. The van der Waals surface area contributed by atoms with Crippen molar-refractivity contribution in [1.29, 1.82) is 0 Å². The zero-order chi connectivity index (χ0) is 18.0. The van der Waals surface area contributed by atoms with Crippen molar-refractivity contribution in [2.24, 2.45) is 0 Å². The standard InChI is InChI=1S/C17H16BrClN2O3S/c18-15-8-5-13(11-16(15)19)20-17(22)12-3-6-14(7-4-12)21-9-1-2-10-25(21,23)24/h3-8,11H,1-2,9-10H2,(H,20,22). The van der Waals surface area contributed by atoms with E-state index in [1.54, 1.807) is 42.5 Å². The number of amides is 1. The SMILES string of the molecule is O=C(Nc1ccc(Br)c(Cl)c1)c1ccc(N2CCCCS2(=O)=O)cc1. The van der Waals surface area contributed by atoms with Crippen molar-refractivity contribution in [3.63, 3.8) is 0 Å². The second-order valence-corrected chi connectivity index (χ2v) is 9.00. The van der Waals surface area contributed by atoms with Gasteiger partial charge < -0.3 is 5.32 Å². The van der Waals surface area contributed by atoms with Crippen LogP contribution in [0.5, 0.6) is 0 Å². The summed E-state index contributed by atoms with van der Waals surface area (Å²) < 4.78 is 26.4. The molecule has 25 heavy (non-hydrogen) atoms. The summed E-state index contributed by atoms with van der Waals surface area (Å²) in [4.78, 5) is 12.3. The number of halogens is 2. The monoisotopic (exact) mass is 442 g/mol. The van der Waals surface area contributed by atoms with E-state index in [1.807, 2.05) is 0 Å². The first kappa shape index (κ1) is 18.2. The highest BCUT2D eigenvalue weighted by molar-refractivity contribution is 9.10. The van der Waals surface area contributed by atoms with E-state index in [1.165, 1.54) is 4.31 Å². The van der Waals surface area contributed by atoms with E-state index < -0.39 is 10.0 Å². The maximum absolute atomic E-state index is 12.3. The first-order valence-electron chi connectivity index (χ1n) is 7.74. The van der Waals surface area contributed by atoms with Gasteiger partial charge in [-0.15, -0.1) is 0 Å². The smallest absolute Gasteiger partial charge is 0.255 e. The lowest BCUT2D eigenvalue weighted by molar-refractivity contribution is 0.102. The summed E-state index contributed by atoms with van der Waals surface area (Å²) >= 11 is 9.31. The Labute approximate surface area is 160 Å². The van der Waals surface area contributed by atoms with Crippen LogP contribution in [0.2, 0.25) is 5.02 Å². The van der Waals surface area contributed by atoms with E-state index in [4.69, 9.17) is 11.6 Å². The van der Waals surface area contributed by atoms with Gasteiger partial charge in [-0.2, -0.15) is 0 Å². The lowest BCUT2D eigenvalue weighted by Gasteiger charge is -2.28. The van der Waals surface area contributed by atoms with Crippen LogP contribution in [0.4, 0.5) is 11.4 Å². The molecule has 1 aliphatic heterocycles. The number of benzene rings is 2. The van der Waals surface area contributed by atoms with Gasteiger partial charge in [0, 0.05) is 22.3 Å². The quantitative estimate of drug-likeness (QED) is 0.770. The first-order valence-corrected chi connectivity index (χ1v) is 10.5. The van der Waals surface area contributed by atoms with Crippen LogP contribution in [-0.2, 0) is 10.0 Å². The molecule has 8 heteroatoms. The average molecular weight is 444 g/mol. The van der Waals surface area contributed by atoms with Crippen LogP contribution in [-0.4, -0.2) is 26.6 Å². The van der Waals surface area contributed by atoms with E-state index in [9.17, 15) is 13.2 Å². The molecular formula is C17H16BrClN2O3S. The predicted molar refractivity (Wildman–Crippen MR) is 104 cm³/mol. The van der Waals surface area contributed by atoms with Crippen LogP contribution in [0.15, 0.2) is 46.9 Å². The molecular weight excluding hydrogens is 428 g/mol. The fraction of sp³-hybridized carbons (Fsp3) is 0.235. The molecule has 0 aliphatic carbocycles. The lowest BCUT2D eigenvalue weighted by Crippen LogP contribution is -2.37. The van der Waals surface area contributed by atoms with Crippen LogP contribution < -0.4 is 9.62 Å². The molecule has 3 rings (SSSR count). The van der Waals surface area contributed by atoms with Gasteiger partial charge in [-0.05, 0) is 71.2 Å². The molecule has 0 radical (unpaired) electrons.